The van der Waals surface area contributed by atoms with Crippen molar-refractivity contribution in [3.05, 3.63) is 28.8 Å². The van der Waals surface area contributed by atoms with Crippen LogP contribution in [0.4, 0.5) is 0 Å². The molecular weight excluding hydrogens is 304 g/mol. The molecule has 0 amide bonds. The number of benzene rings is 1. The van der Waals surface area contributed by atoms with Gasteiger partial charge in [0.05, 0.1) is 0 Å². The summed E-state index contributed by atoms with van der Waals surface area (Å²) in [6.45, 7) is 6.81. The molecular formula is C24H42O. The molecule has 1 nitrogen and oxygen atoms in total. The van der Waals surface area contributed by atoms with Gasteiger partial charge in [0.2, 0.25) is 0 Å². The Kier molecular flexibility index (Phi) is 12.5. The zero-order valence-corrected chi connectivity index (χ0v) is 17.2. The predicted molar refractivity (Wildman–Crippen MR) is 112 cm³/mol. The lowest BCUT2D eigenvalue weighted by Gasteiger charge is -2.16. The zero-order chi connectivity index (χ0) is 18.3. The fourth-order valence-corrected chi connectivity index (χ4v) is 3.76. The Morgan fingerprint density at radius 2 is 0.960 bits per heavy atom. The van der Waals surface area contributed by atoms with E-state index in [1.165, 1.54) is 94.6 Å². The van der Waals surface area contributed by atoms with E-state index in [4.69, 9.17) is 0 Å². The molecule has 1 aromatic rings. The first-order valence-electron chi connectivity index (χ1n) is 11.1. The quantitative estimate of drug-likeness (QED) is 0.322. The van der Waals surface area contributed by atoms with Crippen molar-refractivity contribution in [1.82, 2.24) is 0 Å². The second-order valence-corrected chi connectivity index (χ2v) is 7.67. The number of unbranched alkanes of at least 4 members (excludes halogenated alkanes) is 9. The Labute approximate surface area is 157 Å². The largest absolute Gasteiger partial charge is 0.508 e. The number of hydrogen-bond acceptors (Lipinski definition) is 1. The molecule has 0 aliphatic heterocycles. The lowest BCUT2D eigenvalue weighted by atomic mass is 9.90. The molecule has 0 aliphatic rings. The van der Waals surface area contributed by atoms with E-state index in [1.807, 2.05) is 0 Å². The van der Waals surface area contributed by atoms with Crippen LogP contribution in [0.1, 0.15) is 115 Å². The number of rotatable bonds is 15. The molecule has 0 radical (unpaired) electrons. The van der Waals surface area contributed by atoms with Gasteiger partial charge in [0, 0.05) is 0 Å². The minimum atomic E-state index is 0.480. The van der Waals surface area contributed by atoms with Gasteiger partial charge in [-0.05, 0) is 67.3 Å². The molecule has 144 valence electrons. The van der Waals surface area contributed by atoms with Gasteiger partial charge in [-0.3, -0.25) is 0 Å². The van der Waals surface area contributed by atoms with Gasteiger partial charge in [-0.15, -0.1) is 0 Å². The number of phenols is 1. The average Bonchev–Trinajstić information content (AvgIpc) is 2.60. The zero-order valence-electron chi connectivity index (χ0n) is 17.2. The standard InChI is InChI=1S/C24H42O/c1-4-7-10-13-16-21-19-23(25)20-22(17-14-11-8-5-2)24(21)18-15-12-9-6-3/h19-20,25H,4-18H2,1-3H3. The third-order valence-corrected chi connectivity index (χ3v) is 5.30. The van der Waals surface area contributed by atoms with Crippen LogP contribution in [0.3, 0.4) is 0 Å². The molecule has 1 heteroatoms. The summed E-state index contributed by atoms with van der Waals surface area (Å²) in [5, 5.41) is 10.2. The van der Waals surface area contributed by atoms with E-state index in [2.05, 4.69) is 32.9 Å². The van der Waals surface area contributed by atoms with Gasteiger partial charge < -0.3 is 5.11 Å². The second kappa shape index (κ2) is 14.2. The van der Waals surface area contributed by atoms with Gasteiger partial charge in [-0.25, -0.2) is 0 Å². The maximum Gasteiger partial charge on any atom is 0.116 e. The van der Waals surface area contributed by atoms with E-state index >= 15 is 0 Å². The van der Waals surface area contributed by atoms with E-state index in [0.717, 1.165) is 12.8 Å². The maximum atomic E-state index is 10.2. The first-order valence-corrected chi connectivity index (χ1v) is 11.1. The molecule has 25 heavy (non-hydrogen) atoms. The van der Waals surface area contributed by atoms with Crippen LogP contribution in [0.5, 0.6) is 5.75 Å². The average molecular weight is 347 g/mol. The van der Waals surface area contributed by atoms with Crippen molar-refractivity contribution in [2.24, 2.45) is 0 Å². The molecule has 0 saturated heterocycles. The first-order chi connectivity index (χ1) is 12.2. The van der Waals surface area contributed by atoms with Crippen molar-refractivity contribution in [2.75, 3.05) is 0 Å². The summed E-state index contributed by atoms with van der Waals surface area (Å²) in [4.78, 5) is 0. The third-order valence-electron chi connectivity index (χ3n) is 5.30. The predicted octanol–water partition coefficient (Wildman–Crippen LogP) is 7.76. The van der Waals surface area contributed by atoms with E-state index in [-0.39, 0.29) is 0 Å². The van der Waals surface area contributed by atoms with Gasteiger partial charge >= 0.3 is 0 Å². The number of aromatic hydroxyl groups is 1. The summed E-state index contributed by atoms with van der Waals surface area (Å²) in [6, 6.07) is 4.10. The SMILES string of the molecule is CCCCCCc1cc(O)cc(CCCCCC)c1CCCCCC. The highest BCUT2D eigenvalue weighted by atomic mass is 16.3. The minimum Gasteiger partial charge on any atom is -0.508 e. The Balaban J connectivity index is 2.79. The minimum absolute atomic E-state index is 0.480. The summed E-state index contributed by atoms with van der Waals surface area (Å²) in [6.07, 6.45) is 19.1. The van der Waals surface area contributed by atoms with E-state index in [1.54, 1.807) is 5.56 Å². The molecule has 0 spiro atoms. The van der Waals surface area contributed by atoms with E-state index in [9.17, 15) is 5.11 Å². The van der Waals surface area contributed by atoms with E-state index in [0.29, 0.717) is 5.75 Å². The molecule has 1 aromatic carbocycles. The van der Waals surface area contributed by atoms with E-state index < -0.39 is 0 Å². The van der Waals surface area contributed by atoms with Gasteiger partial charge in [0.15, 0.2) is 0 Å². The van der Waals surface area contributed by atoms with Crippen LogP contribution >= 0.6 is 0 Å². The maximum absolute atomic E-state index is 10.2. The highest BCUT2D eigenvalue weighted by Crippen LogP contribution is 2.27. The first kappa shape index (κ1) is 22.1. The Morgan fingerprint density at radius 3 is 1.36 bits per heavy atom. The fourth-order valence-electron chi connectivity index (χ4n) is 3.76. The van der Waals surface area contributed by atoms with Crippen molar-refractivity contribution >= 4 is 0 Å². The van der Waals surface area contributed by atoms with Crippen molar-refractivity contribution in [3.8, 4) is 5.75 Å². The van der Waals surface area contributed by atoms with Crippen LogP contribution in [0.25, 0.3) is 0 Å². The lowest BCUT2D eigenvalue weighted by molar-refractivity contribution is 0.472. The summed E-state index contributed by atoms with van der Waals surface area (Å²) in [5.41, 5.74) is 4.43. The molecule has 0 unspecified atom stereocenters. The highest BCUT2D eigenvalue weighted by Gasteiger charge is 2.11. The smallest absolute Gasteiger partial charge is 0.116 e. The van der Waals surface area contributed by atoms with Crippen LogP contribution < -0.4 is 0 Å². The molecule has 1 N–H and O–H groups in total. The molecule has 0 saturated carbocycles. The summed E-state index contributed by atoms with van der Waals surface area (Å²) >= 11 is 0. The molecule has 0 aliphatic carbocycles. The van der Waals surface area contributed by atoms with Crippen LogP contribution in [0.2, 0.25) is 0 Å². The van der Waals surface area contributed by atoms with Crippen molar-refractivity contribution in [1.29, 1.82) is 0 Å². The molecule has 0 atom stereocenters. The fraction of sp³-hybridized carbons (Fsp3) is 0.750. The third kappa shape index (κ3) is 9.33. The Morgan fingerprint density at radius 1 is 0.560 bits per heavy atom. The summed E-state index contributed by atoms with van der Waals surface area (Å²) < 4.78 is 0. The van der Waals surface area contributed by atoms with Crippen molar-refractivity contribution in [3.63, 3.8) is 0 Å². The molecule has 0 heterocycles. The Hall–Kier alpha value is -0.980. The van der Waals surface area contributed by atoms with Gasteiger partial charge in [0.1, 0.15) is 5.75 Å². The van der Waals surface area contributed by atoms with Gasteiger partial charge in [0.25, 0.3) is 0 Å². The van der Waals surface area contributed by atoms with Crippen molar-refractivity contribution in [2.45, 2.75) is 117 Å². The number of phenolic OH excluding ortho intramolecular Hbond substituents is 1. The summed E-state index contributed by atoms with van der Waals surface area (Å²) in [7, 11) is 0. The second-order valence-electron chi connectivity index (χ2n) is 7.67. The lowest BCUT2D eigenvalue weighted by Crippen LogP contribution is -2.02. The van der Waals surface area contributed by atoms with Crippen LogP contribution in [-0.2, 0) is 19.3 Å². The monoisotopic (exact) mass is 346 g/mol. The van der Waals surface area contributed by atoms with Crippen LogP contribution in [-0.4, -0.2) is 5.11 Å². The highest BCUT2D eigenvalue weighted by molar-refractivity contribution is 5.42. The molecule has 1 rings (SSSR count). The topological polar surface area (TPSA) is 20.2 Å². The van der Waals surface area contributed by atoms with Gasteiger partial charge in [-0.2, -0.15) is 0 Å². The molecule has 0 bridgehead atoms. The summed E-state index contributed by atoms with van der Waals surface area (Å²) in [5.74, 6) is 0.480. The molecule has 0 aromatic heterocycles. The molecule has 0 fully saturated rings. The Bertz CT molecular complexity index is 416. The van der Waals surface area contributed by atoms with Crippen LogP contribution in [0, 0.1) is 0 Å². The number of hydrogen-bond donors (Lipinski definition) is 1. The van der Waals surface area contributed by atoms with Gasteiger partial charge in [-0.1, -0.05) is 78.6 Å². The van der Waals surface area contributed by atoms with Crippen LogP contribution in [0.15, 0.2) is 12.1 Å². The number of aryl methyl sites for hydroxylation is 2. The normalized spacial score (nSPS) is 11.2. The van der Waals surface area contributed by atoms with Crippen molar-refractivity contribution < 1.29 is 5.11 Å².